The maximum absolute atomic E-state index is 13.5. The van der Waals surface area contributed by atoms with Gasteiger partial charge in [-0.1, -0.05) is 11.6 Å². The number of aromatic amines is 1. The number of benzene rings is 1. The summed E-state index contributed by atoms with van der Waals surface area (Å²) in [5.74, 6) is -0.791. The normalized spacial score (nSPS) is 10.4. The van der Waals surface area contributed by atoms with Gasteiger partial charge in [-0.3, -0.25) is 4.98 Å². The number of halogens is 2. The van der Waals surface area contributed by atoms with Gasteiger partial charge in [-0.15, -0.1) is 0 Å². The molecule has 5 nitrogen and oxygen atoms in total. The molecule has 0 aliphatic heterocycles. The van der Waals surface area contributed by atoms with E-state index < -0.39 is 11.5 Å². The Labute approximate surface area is 94.1 Å². The zero-order valence-electron chi connectivity index (χ0n) is 7.87. The first-order valence-electron chi connectivity index (χ1n) is 4.25. The van der Waals surface area contributed by atoms with E-state index in [1.807, 2.05) is 0 Å². The summed E-state index contributed by atoms with van der Waals surface area (Å²) in [6, 6.07) is 4.00. The minimum atomic E-state index is -0.683. The maximum atomic E-state index is 13.5. The molecule has 7 heteroatoms. The predicted octanol–water partition coefficient (Wildman–Crippen LogP) is 1.21. The van der Waals surface area contributed by atoms with Crippen LogP contribution in [0, 0.1) is 5.82 Å². The zero-order valence-corrected chi connectivity index (χ0v) is 8.62. The van der Waals surface area contributed by atoms with Gasteiger partial charge in [0.15, 0.2) is 0 Å². The molecule has 0 aliphatic carbocycles. The highest BCUT2D eigenvalue weighted by molar-refractivity contribution is 6.30. The largest absolute Gasteiger partial charge is 0.368 e. The Bertz CT molecular complexity index is 598. The van der Waals surface area contributed by atoms with E-state index in [9.17, 15) is 9.18 Å². The van der Waals surface area contributed by atoms with Crippen molar-refractivity contribution in [2.75, 3.05) is 5.73 Å². The van der Waals surface area contributed by atoms with Crippen LogP contribution in [-0.2, 0) is 0 Å². The predicted molar refractivity (Wildman–Crippen MR) is 57.5 cm³/mol. The van der Waals surface area contributed by atoms with Crippen molar-refractivity contribution in [2.24, 2.45) is 0 Å². The van der Waals surface area contributed by atoms with Crippen LogP contribution in [-0.4, -0.2) is 15.0 Å². The summed E-state index contributed by atoms with van der Waals surface area (Å²) in [6.07, 6.45) is 0. The van der Waals surface area contributed by atoms with Gasteiger partial charge >= 0.3 is 5.69 Å². The summed E-state index contributed by atoms with van der Waals surface area (Å²) in [5.41, 5.74) is 4.71. The monoisotopic (exact) mass is 240 g/mol. The fourth-order valence-electron chi connectivity index (χ4n) is 1.21. The van der Waals surface area contributed by atoms with E-state index in [1.54, 1.807) is 0 Å². The number of H-pyrrole nitrogens is 1. The lowest BCUT2D eigenvalue weighted by Crippen LogP contribution is -2.15. The van der Waals surface area contributed by atoms with Crippen LogP contribution in [0.25, 0.3) is 11.4 Å². The molecule has 1 heterocycles. The third-order valence-electron chi connectivity index (χ3n) is 1.85. The standard InChI is InChI=1S/C9H6ClFN4O/c10-4-1-2-5(6(11)3-4)7-13-8(12)15-9(16)14-7/h1-3H,(H3,12,13,14,15,16). The van der Waals surface area contributed by atoms with Crippen LogP contribution in [0.3, 0.4) is 0 Å². The summed E-state index contributed by atoms with van der Waals surface area (Å²) < 4.78 is 13.5. The number of hydrogen-bond donors (Lipinski definition) is 2. The smallest absolute Gasteiger partial charge is 0.349 e. The number of rotatable bonds is 1. The molecule has 0 saturated heterocycles. The lowest BCUT2D eigenvalue weighted by Gasteiger charge is -2.02. The summed E-state index contributed by atoms with van der Waals surface area (Å²) in [6.45, 7) is 0. The van der Waals surface area contributed by atoms with Gasteiger partial charge in [0, 0.05) is 5.02 Å². The van der Waals surface area contributed by atoms with Crippen LogP contribution in [0.4, 0.5) is 10.3 Å². The van der Waals surface area contributed by atoms with Crippen LogP contribution in [0.2, 0.25) is 5.02 Å². The number of nitrogens with one attached hydrogen (secondary N) is 1. The molecule has 0 spiro atoms. The molecule has 0 radical (unpaired) electrons. The number of nitrogens with two attached hydrogens (primary N) is 1. The number of nitrogens with zero attached hydrogens (tertiary/aromatic N) is 2. The Hall–Kier alpha value is -1.95. The average Bonchev–Trinajstić information content (AvgIpc) is 2.15. The summed E-state index contributed by atoms with van der Waals surface area (Å²) >= 11 is 5.60. The van der Waals surface area contributed by atoms with Crippen LogP contribution in [0.15, 0.2) is 23.0 Å². The lowest BCUT2D eigenvalue weighted by atomic mass is 10.2. The molecule has 1 aromatic carbocycles. The lowest BCUT2D eigenvalue weighted by molar-refractivity contribution is 0.630. The van der Waals surface area contributed by atoms with Crippen molar-refractivity contribution in [3.05, 3.63) is 39.5 Å². The number of nitrogen functional groups attached to an aromatic ring is 1. The highest BCUT2D eigenvalue weighted by Crippen LogP contribution is 2.21. The van der Waals surface area contributed by atoms with Crippen molar-refractivity contribution in [2.45, 2.75) is 0 Å². The van der Waals surface area contributed by atoms with Gasteiger partial charge in [0.1, 0.15) is 11.6 Å². The highest BCUT2D eigenvalue weighted by Gasteiger charge is 2.09. The van der Waals surface area contributed by atoms with Gasteiger partial charge in [-0.2, -0.15) is 9.97 Å². The number of aromatic nitrogens is 3. The summed E-state index contributed by atoms with van der Waals surface area (Å²) in [5, 5.41) is 0.255. The topological polar surface area (TPSA) is 84.7 Å². The molecule has 0 fully saturated rings. The Morgan fingerprint density at radius 3 is 2.75 bits per heavy atom. The van der Waals surface area contributed by atoms with Crippen molar-refractivity contribution in [3.63, 3.8) is 0 Å². The van der Waals surface area contributed by atoms with Crippen molar-refractivity contribution in [1.29, 1.82) is 0 Å². The molecule has 1 aromatic heterocycles. The van der Waals surface area contributed by atoms with Crippen LogP contribution < -0.4 is 11.4 Å². The first kappa shape index (κ1) is 10.6. The van der Waals surface area contributed by atoms with Crippen LogP contribution >= 0.6 is 11.6 Å². The Morgan fingerprint density at radius 2 is 2.12 bits per heavy atom. The molecule has 2 rings (SSSR count). The molecule has 0 saturated carbocycles. The third kappa shape index (κ3) is 2.01. The van der Waals surface area contributed by atoms with Crippen molar-refractivity contribution in [1.82, 2.24) is 15.0 Å². The number of anilines is 1. The number of hydrogen-bond acceptors (Lipinski definition) is 4. The Morgan fingerprint density at radius 1 is 1.38 bits per heavy atom. The van der Waals surface area contributed by atoms with Crippen molar-refractivity contribution >= 4 is 17.5 Å². The van der Waals surface area contributed by atoms with Crippen molar-refractivity contribution < 1.29 is 4.39 Å². The first-order valence-corrected chi connectivity index (χ1v) is 4.63. The van der Waals surface area contributed by atoms with E-state index in [0.29, 0.717) is 0 Å². The van der Waals surface area contributed by atoms with Gasteiger partial charge in [0.25, 0.3) is 0 Å². The van der Waals surface area contributed by atoms with Crippen molar-refractivity contribution in [3.8, 4) is 11.4 Å². The molecule has 16 heavy (non-hydrogen) atoms. The van der Waals surface area contributed by atoms with E-state index in [-0.39, 0.29) is 22.4 Å². The van der Waals surface area contributed by atoms with E-state index in [0.717, 1.165) is 6.07 Å². The molecule has 0 bridgehead atoms. The van der Waals surface area contributed by atoms with E-state index in [4.69, 9.17) is 17.3 Å². The average molecular weight is 241 g/mol. The molecule has 2 aromatic rings. The van der Waals surface area contributed by atoms with Gasteiger partial charge in [0.2, 0.25) is 5.95 Å². The van der Waals surface area contributed by atoms with E-state index >= 15 is 0 Å². The first-order chi connectivity index (χ1) is 7.56. The summed E-state index contributed by atoms with van der Waals surface area (Å²) in [4.78, 5) is 20.3. The van der Waals surface area contributed by atoms with Crippen LogP contribution in [0.1, 0.15) is 0 Å². The molecule has 3 N–H and O–H groups in total. The van der Waals surface area contributed by atoms with E-state index in [2.05, 4.69) is 15.0 Å². The Kier molecular flexibility index (Phi) is 2.57. The molecule has 0 unspecified atom stereocenters. The fourth-order valence-corrected chi connectivity index (χ4v) is 1.37. The Balaban J connectivity index is 2.63. The molecule has 0 aliphatic rings. The second kappa shape index (κ2) is 3.90. The van der Waals surface area contributed by atoms with Gasteiger partial charge in [0.05, 0.1) is 5.56 Å². The highest BCUT2D eigenvalue weighted by atomic mass is 35.5. The van der Waals surface area contributed by atoms with Gasteiger partial charge in [-0.25, -0.2) is 9.18 Å². The SMILES string of the molecule is Nc1nc(-c2ccc(Cl)cc2F)[nH]c(=O)n1. The minimum Gasteiger partial charge on any atom is -0.368 e. The maximum Gasteiger partial charge on any atom is 0.349 e. The fraction of sp³-hybridized carbons (Fsp3) is 0. The summed E-state index contributed by atoms with van der Waals surface area (Å²) in [7, 11) is 0. The molecule has 0 atom stereocenters. The molecular weight excluding hydrogens is 235 g/mol. The molecule has 82 valence electrons. The van der Waals surface area contributed by atoms with Gasteiger partial charge < -0.3 is 5.73 Å². The zero-order chi connectivity index (χ0) is 11.7. The second-order valence-electron chi connectivity index (χ2n) is 2.98. The minimum absolute atomic E-state index is 0.0201. The van der Waals surface area contributed by atoms with E-state index in [1.165, 1.54) is 12.1 Å². The molecule has 0 amide bonds. The third-order valence-corrected chi connectivity index (χ3v) is 2.09. The molecular formula is C9H6ClFN4O. The van der Waals surface area contributed by atoms with Crippen LogP contribution in [0.5, 0.6) is 0 Å². The quantitative estimate of drug-likeness (QED) is 0.785. The second-order valence-corrected chi connectivity index (χ2v) is 3.42. The van der Waals surface area contributed by atoms with Gasteiger partial charge in [-0.05, 0) is 18.2 Å².